The van der Waals surface area contributed by atoms with Crippen molar-refractivity contribution in [2.24, 2.45) is 0 Å². The molecule has 1 aliphatic heterocycles. The topological polar surface area (TPSA) is 105 Å². The van der Waals surface area contributed by atoms with Crippen molar-refractivity contribution in [2.75, 3.05) is 0 Å². The third kappa shape index (κ3) is 3.72. The summed E-state index contributed by atoms with van der Waals surface area (Å²) >= 11 is 3.92. The van der Waals surface area contributed by atoms with E-state index in [0.717, 1.165) is 0 Å². The van der Waals surface area contributed by atoms with Crippen molar-refractivity contribution in [3.05, 3.63) is 59.8 Å². The third-order valence-corrected chi connectivity index (χ3v) is 9.65. The van der Waals surface area contributed by atoms with Gasteiger partial charge in [-0.05, 0) is 0 Å². The molecule has 29 heavy (non-hydrogen) atoms. The van der Waals surface area contributed by atoms with Gasteiger partial charge in [-0.15, -0.1) is 0 Å². The first-order chi connectivity index (χ1) is 13.6. The first-order valence-corrected chi connectivity index (χ1v) is 14.4. The van der Waals surface area contributed by atoms with E-state index in [1.165, 1.54) is 18.2 Å². The number of phenols is 1. The zero-order valence-electron chi connectivity index (χ0n) is 14.4. The molecular weight excluding hydrogens is 811 g/mol. The number of halogens is 2. The number of phenolic OH excluding ortho intramolecular Hbond substituents is 1. The number of fused-ring (bicyclic) bond motifs is 2. The fraction of sp³-hybridized carbons (Fsp3) is 0. The van der Waals surface area contributed by atoms with E-state index in [1.54, 1.807) is 24.3 Å². The molecule has 10 heteroatoms. The van der Waals surface area contributed by atoms with Crippen molar-refractivity contribution in [2.45, 2.75) is 4.90 Å². The Hall–Kier alpha value is -0.765. The van der Waals surface area contributed by atoms with Crippen molar-refractivity contribution >= 4 is 69.3 Å². The quantitative estimate of drug-likeness (QED) is 0.138. The van der Waals surface area contributed by atoms with Gasteiger partial charge in [0.25, 0.3) is 0 Å². The van der Waals surface area contributed by atoms with E-state index in [2.05, 4.69) is 0 Å². The van der Waals surface area contributed by atoms with Crippen LogP contribution in [-0.4, -0.2) is 18.1 Å². The molecule has 2 aliphatic rings. The average Bonchev–Trinajstić information content (AvgIpc) is 2.66. The molecule has 1 aliphatic carbocycles. The summed E-state index contributed by atoms with van der Waals surface area (Å²) in [5, 5.41) is 11.0. The van der Waals surface area contributed by atoms with Crippen molar-refractivity contribution in [3.63, 3.8) is 0 Å². The molecule has 6 nitrogen and oxygen atoms in total. The van der Waals surface area contributed by atoms with Gasteiger partial charge in [0.05, 0.1) is 0 Å². The fourth-order valence-electron chi connectivity index (χ4n) is 3.24. The Morgan fingerprint density at radius 2 is 1.69 bits per heavy atom. The van der Waals surface area contributed by atoms with Gasteiger partial charge in [0, 0.05) is 0 Å². The van der Waals surface area contributed by atoms with Gasteiger partial charge in [-0.2, -0.15) is 0 Å². The van der Waals surface area contributed by atoms with Crippen LogP contribution in [0.5, 0.6) is 5.75 Å². The Kier molecular flexibility index (Phi) is 5.72. The minimum absolute atomic E-state index is 0.0220. The summed E-state index contributed by atoms with van der Waals surface area (Å²) in [7, 11) is -4.50. The van der Waals surface area contributed by atoms with E-state index in [-0.39, 0.29) is 48.0 Å². The standard InChI is InChI=1S/C19H9I2O6S.Hg/c20-12-5-10-16(7-14(12)22)27-17-8-15(23)13(21)6-11(17)19(10)9-3-1-2-4-18(9)28(24,25)26;/h1-7,23H,(H,24,25,26);. The number of aromatic hydroxyl groups is 1. The molecule has 0 aromatic heterocycles. The average molecular weight is 820 g/mol. The van der Waals surface area contributed by atoms with Gasteiger partial charge in [0.1, 0.15) is 0 Å². The van der Waals surface area contributed by atoms with Crippen LogP contribution in [0.1, 0.15) is 0 Å². The Balaban J connectivity index is 2.33. The van der Waals surface area contributed by atoms with Crippen LogP contribution in [-0.2, 0) is 36.2 Å². The molecule has 2 aromatic rings. The predicted octanol–water partition coefficient (Wildman–Crippen LogP) is 3.90. The summed E-state index contributed by atoms with van der Waals surface area (Å²) in [6.45, 7) is 0. The predicted molar refractivity (Wildman–Crippen MR) is 121 cm³/mol. The maximum atomic E-state index is 12.2. The number of hydrogen-bond donors (Lipinski definition) is 2. The van der Waals surface area contributed by atoms with Crippen LogP contribution in [0, 0.1) is 7.14 Å². The van der Waals surface area contributed by atoms with Crippen molar-refractivity contribution in [1.29, 1.82) is 0 Å². The van der Waals surface area contributed by atoms with E-state index in [4.69, 9.17) is 4.42 Å². The van der Waals surface area contributed by atoms with Gasteiger partial charge < -0.3 is 0 Å². The SMILES string of the molecule is O=c1cc2oc3[c]([Hg])c(O)c(I)cc3c(-c3ccccc3S(=O)(=O)O)c-2cc1I. The molecule has 0 bridgehead atoms. The molecule has 0 amide bonds. The summed E-state index contributed by atoms with van der Waals surface area (Å²) in [6, 6.07) is 10.9. The van der Waals surface area contributed by atoms with Crippen LogP contribution in [0.25, 0.3) is 33.4 Å². The van der Waals surface area contributed by atoms with Gasteiger partial charge in [0.15, 0.2) is 0 Å². The first-order valence-electron chi connectivity index (χ1n) is 8.10. The molecular formula is C19H9HgI2O6S. The molecule has 143 valence electrons. The summed E-state index contributed by atoms with van der Waals surface area (Å²) in [5.74, 6) is 0.418. The summed E-state index contributed by atoms with van der Waals surface area (Å²) < 4.78 is 41.6. The van der Waals surface area contributed by atoms with Gasteiger partial charge in [-0.25, -0.2) is 0 Å². The van der Waals surface area contributed by atoms with E-state index in [9.17, 15) is 22.9 Å². The summed E-state index contributed by atoms with van der Waals surface area (Å²) in [4.78, 5) is 12.0. The Morgan fingerprint density at radius 3 is 2.38 bits per heavy atom. The van der Waals surface area contributed by atoms with Crippen molar-refractivity contribution in [3.8, 4) is 28.2 Å². The van der Waals surface area contributed by atoms with Crippen LogP contribution in [0.2, 0.25) is 0 Å². The summed E-state index contributed by atoms with van der Waals surface area (Å²) in [6.07, 6.45) is 0. The van der Waals surface area contributed by atoms with Crippen molar-refractivity contribution < 1.29 is 48.6 Å². The van der Waals surface area contributed by atoms with Crippen LogP contribution >= 0.6 is 45.2 Å². The zero-order valence-corrected chi connectivity index (χ0v) is 25.1. The van der Waals surface area contributed by atoms with E-state index in [0.29, 0.717) is 37.9 Å². The minimum atomic E-state index is -4.50. The van der Waals surface area contributed by atoms with E-state index < -0.39 is 10.1 Å². The molecule has 2 N–H and O–H groups in total. The molecule has 0 saturated heterocycles. The Bertz CT molecular complexity index is 1450. The number of hydrogen-bond acceptors (Lipinski definition) is 5. The monoisotopic (exact) mass is 821 g/mol. The molecule has 0 fully saturated rings. The van der Waals surface area contributed by atoms with Gasteiger partial charge in [-0.3, -0.25) is 0 Å². The fourth-order valence-corrected chi connectivity index (χ4v) is 8.20. The molecule has 2 aromatic carbocycles. The van der Waals surface area contributed by atoms with E-state index >= 15 is 0 Å². The van der Waals surface area contributed by atoms with Crippen LogP contribution < -0.4 is 8.50 Å². The molecule has 0 atom stereocenters. The second-order valence-electron chi connectivity index (χ2n) is 6.29. The van der Waals surface area contributed by atoms with Crippen LogP contribution in [0.4, 0.5) is 0 Å². The Labute approximate surface area is 208 Å². The van der Waals surface area contributed by atoms with Crippen molar-refractivity contribution in [1.82, 2.24) is 0 Å². The molecule has 1 heterocycles. The summed E-state index contributed by atoms with van der Waals surface area (Å²) in [5.41, 5.74) is 1.57. The van der Waals surface area contributed by atoms with Crippen LogP contribution in [0.3, 0.4) is 0 Å². The molecule has 0 radical (unpaired) electrons. The molecule has 0 saturated carbocycles. The second-order valence-corrected chi connectivity index (χ2v) is 12.8. The number of benzene rings is 3. The third-order valence-electron chi connectivity index (χ3n) is 4.52. The molecule has 0 spiro atoms. The van der Waals surface area contributed by atoms with Gasteiger partial charge in [-0.1, -0.05) is 0 Å². The molecule has 0 unspecified atom stereocenters. The van der Waals surface area contributed by atoms with Crippen LogP contribution in [0.15, 0.2) is 56.6 Å². The van der Waals surface area contributed by atoms with Gasteiger partial charge in [0.2, 0.25) is 0 Å². The Morgan fingerprint density at radius 1 is 1.00 bits per heavy atom. The zero-order chi connectivity index (χ0) is 21.1. The van der Waals surface area contributed by atoms with E-state index in [1.807, 2.05) is 45.2 Å². The second kappa shape index (κ2) is 7.73. The first kappa shape index (κ1) is 21.5. The number of rotatable bonds is 2. The maximum absolute atomic E-state index is 12.2. The normalized spacial score (nSPS) is 12.0. The molecule has 4 rings (SSSR count). The van der Waals surface area contributed by atoms with Gasteiger partial charge >= 0.3 is 211 Å².